The van der Waals surface area contributed by atoms with Crippen LogP contribution in [-0.4, -0.2) is 46.6 Å². The van der Waals surface area contributed by atoms with Crippen LogP contribution in [0.25, 0.3) is 11.2 Å². The van der Waals surface area contributed by atoms with E-state index in [1.165, 1.54) is 7.11 Å². The Morgan fingerprint density at radius 1 is 1.23 bits per heavy atom. The maximum atomic E-state index is 11.8. The van der Waals surface area contributed by atoms with E-state index >= 15 is 0 Å². The first-order valence-corrected chi connectivity index (χ1v) is 8.61. The summed E-state index contributed by atoms with van der Waals surface area (Å²) in [6, 6.07) is 9.48. The number of carbonyl (C=O) groups is 1. The summed E-state index contributed by atoms with van der Waals surface area (Å²) in [4.78, 5) is 22.8. The van der Waals surface area contributed by atoms with Crippen molar-refractivity contribution < 1.29 is 9.53 Å². The molecule has 3 aromatic rings. The summed E-state index contributed by atoms with van der Waals surface area (Å²) in [5.74, 6) is 0.339. The van der Waals surface area contributed by atoms with Crippen LogP contribution in [0.2, 0.25) is 5.02 Å². The van der Waals surface area contributed by atoms with E-state index in [0.29, 0.717) is 17.2 Å². The van der Waals surface area contributed by atoms with Gasteiger partial charge in [0.25, 0.3) is 0 Å². The summed E-state index contributed by atoms with van der Waals surface area (Å²) in [6.45, 7) is 3.27. The fourth-order valence-corrected chi connectivity index (χ4v) is 3.14. The lowest BCUT2D eigenvalue weighted by atomic mass is 10.1. The summed E-state index contributed by atoms with van der Waals surface area (Å²) in [7, 11) is 5.38. The first-order chi connectivity index (χ1) is 12.4. The van der Waals surface area contributed by atoms with Gasteiger partial charge in [0, 0.05) is 11.6 Å². The van der Waals surface area contributed by atoms with Crippen LogP contribution in [0.3, 0.4) is 0 Å². The molecule has 0 aliphatic carbocycles. The number of hydrogen-bond acceptors (Lipinski definition) is 5. The van der Waals surface area contributed by atoms with Gasteiger partial charge in [0.15, 0.2) is 11.3 Å². The normalized spacial score (nSPS) is 11.3. The largest absolute Gasteiger partial charge is 0.464 e. The molecule has 0 fully saturated rings. The number of imidazole rings is 1. The number of halogens is 1. The van der Waals surface area contributed by atoms with Crippen molar-refractivity contribution in [2.45, 2.75) is 20.0 Å². The maximum Gasteiger partial charge on any atom is 0.356 e. The van der Waals surface area contributed by atoms with E-state index in [0.717, 1.165) is 29.0 Å². The van der Waals surface area contributed by atoms with Crippen molar-refractivity contribution in [1.29, 1.82) is 0 Å². The zero-order chi connectivity index (χ0) is 18.8. The van der Waals surface area contributed by atoms with E-state index in [-0.39, 0.29) is 5.69 Å². The highest BCUT2D eigenvalue weighted by atomic mass is 35.5. The summed E-state index contributed by atoms with van der Waals surface area (Å²) < 4.78 is 6.71. The first-order valence-electron chi connectivity index (χ1n) is 8.23. The van der Waals surface area contributed by atoms with E-state index < -0.39 is 5.97 Å². The molecule has 0 bridgehead atoms. The Bertz CT molecular complexity index is 966. The molecule has 0 aliphatic heterocycles. The lowest BCUT2D eigenvalue weighted by Gasteiger charge is -2.13. The number of nitrogens with zero attached hydrogens (tertiary/aromatic N) is 4. The van der Waals surface area contributed by atoms with E-state index in [1.54, 1.807) is 12.1 Å². The molecule has 2 aromatic heterocycles. The monoisotopic (exact) mass is 372 g/mol. The van der Waals surface area contributed by atoms with Gasteiger partial charge in [-0.2, -0.15) is 0 Å². The zero-order valence-corrected chi connectivity index (χ0v) is 16.0. The third-order valence-corrected chi connectivity index (χ3v) is 4.47. The lowest BCUT2D eigenvalue weighted by molar-refractivity contribution is 0.0594. The van der Waals surface area contributed by atoms with Gasteiger partial charge in [-0.25, -0.2) is 14.8 Å². The molecule has 26 heavy (non-hydrogen) atoms. The summed E-state index contributed by atoms with van der Waals surface area (Å²) in [5.41, 5.74) is 3.76. The number of pyridine rings is 1. The van der Waals surface area contributed by atoms with Gasteiger partial charge < -0.3 is 14.2 Å². The van der Waals surface area contributed by atoms with Crippen molar-refractivity contribution >= 4 is 28.7 Å². The predicted octanol–water partition coefficient (Wildman–Crippen LogP) is 3.29. The van der Waals surface area contributed by atoms with Gasteiger partial charge in [-0.05, 0) is 50.3 Å². The summed E-state index contributed by atoms with van der Waals surface area (Å²) in [5, 5.41) is 0.703. The van der Waals surface area contributed by atoms with Gasteiger partial charge in [-0.3, -0.25) is 0 Å². The molecule has 0 amide bonds. The molecule has 0 saturated heterocycles. The minimum atomic E-state index is -0.469. The number of aromatic nitrogens is 3. The summed E-state index contributed by atoms with van der Waals surface area (Å²) in [6.07, 6.45) is 0. The Kier molecular flexibility index (Phi) is 5.25. The standard InChI is InChI=1S/C19H21ClN4O2/c1-12-21-16-7-8-17(19(25)26-4)22-18(16)24(12)11-14-6-5-13(9-15(14)20)10-23(2)3/h5-9H,10-11H2,1-4H3. The molecular weight excluding hydrogens is 352 g/mol. The second kappa shape index (κ2) is 7.43. The average molecular weight is 373 g/mol. The molecule has 0 atom stereocenters. The van der Waals surface area contributed by atoms with Crippen molar-refractivity contribution in [2.24, 2.45) is 0 Å². The number of hydrogen-bond donors (Lipinski definition) is 0. The Morgan fingerprint density at radius 2 is 2.00 bits per heavy atom. The van der Waals surface area contributed by atoms with Crippen LogP contribution in [0.15, 0.2) is 30.3 Å². The van der Waals surface area contributed by atoms with E-state index in [2.05, 4.69) is 20.9 Å². The van der Waals surface area contributed by atoms with Crippen LogP contribution in [0.4, 0.5) is 0 Å². The van der Waals surface area contributed by atoms with Gasteiger partial charge >= 0.3 is 5.97 Å². The van der Waals surface area contributed by atoms with Crippen LogP contribution < -0.4 is 0 Å². The van der Waals surface area contributed by atoms with E-state index in [9.17, 15) is 4.79 Å². The average Bonchev–Trinajstić information content (AvgIpc) is 2.90. The van der Waals surface area contributed by atoms with Crippen molar-refractivity contribution in [2.75, 3.05) is 21.2 Å². The topological polar surface area (TPSA) is 60.2 Å². The molecule has 1 aromatic carbocycles. The minimum absolute atomic E-state index is 0.258. The number of fused-ring (bicyclic) bond motifs is 1. The molecule has 0 aliphatic rings. The molecule has 136 valence electrons. The Labute approximate surface area is 157 Å². The second-order valence-electron chi connectivity index (χ2n) is 6.44. The number of aryl methyl sites for hydroxylation is 1. The van der Waals surface area contributed by atoms with Crippen LogP contribution in [0.5, 0.6) is 0 Å². The maximum absolute atomic E-state index is 11.8. The molecule has 0 unspecified atom stereocenters. The quantitative estimate of drug-likeness (QED) is 0.643. The van der Waals surface area contributed by atoms with Crippen LogP contribution in [0.1, 0.15) is 27.4 Å². The number of carbonyl (C=O) groups excluding carboxylic acids is 1. The SMILES string of the molecule is COC(=O)c1ccc2nc(C)n(Cc3ccc(CN(C)C)cc3Cl)c2n1. The van der Waals surface area contributed by atoms with Crippen molar-refractivity contribution in [1.82, 2.24) is 19.4 Å². The van der Waals surface area contributed by atoms with Gasteiger partial charge in [0.2, 0.25) is 0 Å². The van der Waals surface area contributed by atoms with Gasteiger partial charge in [-0.15, -0.1) is 0 Å². The number of ether oxygens (including phenoxy) is 1. The highest BCUT2D eigenvalue weighted by Gasteiger charge is 2.15. The van der Waals surface area contributed by atoms with E-state index in [1.807, 2.05) is 37.7 Å². The van der Waals surface area contributed by atoms with Gasteiger partial charge in [-0.1, -0.05) is 23.7 Å². The van der Waals surface area contributed by atoms with Gasteiger partial charge in [0.1, 0.15) is 11.3 Å². The lowest BCUT2D eigenvalue weighted by Crippen LogP contribution is -2.11. The predicted molar refractivity (Wildman–Crippen MR) is 102 cm³/mol. The Balaban J connectivity index is 1.98. The molecule has 0 saturated carbocycles. The third kappa shape index (κ3) is 3.71. The summed E-state index contributed by atoms with van der Waals surface area (Å²) >= 11 is 6.49. The molecule has 0 N–H and O–H groups in total. The van der Waals surface area contributed by atoms with Crippen LogP contribution >= 0.6 is 11.6 Å². The molecule has 7 heteroatoms. The third-order valence-electron chi connectivity index (χ3n) is 4.12. The Morgan fingerprint density at radius 3 is 2.65 bits per heavy atom. The molecule has 0 radical (unpaired) electrons. The Hall–Kier alpha value is -2.44. The molecule has 6 nitrogen and oxygen atoms in total. The van der Waals surface area contributed by atoms with Crippen molar-refractivity contribution in [3.05, 3.63) is 58.0 Å². The number of methoxy groups -OCH3 is 1. The number of rotatable bonds is 5. The van der Waals surface area contributed by atoms with Crippen LogP contribution in [-0.2, 0) is 17.8 Å². The first kappa shape index (κ1) is 18.4. The van der Waals surface area contributed by atoms with Crippen molar-refractivity contribution in [3.8, 4) is 0 Å². The highest BCUT2D eigenvalue weighted by molar-refractivity contribution is 6.31. The fourth-order valence-electron chi connectivity index (χ4n) is 2.88. The minimum Gasteiger partial charge on any atom is -0.464 e. The van der Waals surface area contributed by atoms with E-state index in [4.69, 9.17) is 16.3 Å². The molecular formula is C19H21ClN4O2. The number of benzene rings is 1. The van der Waals surface area contributed by atoms with Crippen molar-refractivity contribution in [3.63, 3.8) is 0 Å². The van der Waals surface area contributed by atoms with Gasteiger partial charge in [0.05, 0.1) is 13.7 Å². The smallest absolute Gasteiger partial charge is 0.356 e. The molecule has 3 rings (SSSR count). The molecule has 0 spiro atoms. The second-order valence-corrected chi connectivity index (χ2v) is 6.85. The van der Waals surface area contributed by atoms with Crippen LogP contribution in [0, 0.1) is 6.92 Å². The highest BCUT2D eigenvalue weighted by Crippen LogP contribution is 2.23. The zero-order valence-electron chi connectivity index (χ0n) is 15.3. The fraction of sp³-hybridized carbons (Fsp3) is 0.316. The number of esters is 1. The molecule has 2 heterocycles.